The van der Waals surface area contributed by atoms with E-state index in [1.54, 1.807) is 12.1 Å². The number of hydrogen-bond donors (Lipinski definition) is 0. The van der Waals surface area contributed by atoms with Crippen molar-refractivity contribution < 1.29 is 13.2 Å². The molecule has 1 atom stereocenters. The van der Waals surface area contributed by atoms with Gasteiger partial charge in [0, 0.05) is 21.6 Å². The second-order valence-corrected chi connectivity index (χ2v) is 7.84. The van der Waals surface area contributed by atoms with E-state index in [-0.39, 0.29) is 11.7 Å². The lowest BCUT2D eigenvalue weighted by Crippen LogP contribution is -2.19. The topological polar surface area (TPSA) is 43.4 Å². The van der Waals surface area contributed by atoms with Crippen molar-refractivity contribution in [3.8, 4) is 5.75 Å². The summed E-state index contributed by atoms with van der Waals surface area (Å²) >= 11 is 5.86. The first-order valence-corrected chi connectivity index (χ1v) is 8.98. The number of halogens is 2. The standard InChI is InChI=1S/C13H18Cl2O3S/c1-3-4-11(9-19(15,16)17)8-18-13-6-5-12(14)7-10(13)2/h5-7,11H,3-4,8-9H2,1-2H3. The molecule has 0 fully saturated rings. The Morgan fingerprint density at radius 1 is 1.37 bits per heavy atom. The van der Waals surface area contributed by atoms with Crippen LogP contribution in [0.2, 0.25) is 5.02 Å². The largest absolute Gasteiger partial charge is 0.493 e. The van der Waals surface area contributed by atoms with Gasteiger partial charge in [-0.25, -0.2) is 8.42 Å². The van der Waals surface area contributed by atoms with E-state index in [0.29, 0.717) is 11.6 Å². The molecule has 1 unspecified atom stereocenters. The lowest BCUT2D eigenvalue weighted by molar-refractivity contribution is 0.251. The van der Waals surface area contributed by atoms with Crippen LogP contribution >= 0.6 is 22.3 Å². The van der Waals surface area contributed by atoms with Crippen molar-refractivity contribution in [2.45, 2.75) is 26.7 Å². The minimum absolute atomic E-state index is 0.0605. The first kappa shape index (κ1) is 16.6. The summed E-state index contributed by atoms with van der Waals surface area (Å²) in [6.45, 7) is 4.23. The molecule has 0 heterocycles. The first-order valence-electron chi connectivity index (χ1n) is 6.13. The quantitative estimate of drug-likeness (QED) is 0.711. The molecule has 19 heavy (non-hydrogen) atoms. The Morgan fingerprint density at radius 3 is 2.58 bits per heavy atom. The molecule has 1 aromatic carbocycles. The van der Waals surface area contributed by atoms with Crippen LogP contribution in [0.4, 0.5) is 0 Å². The van der Waals surface area contributed by atoms with Gasteiger partial charge in [0.2, 0.25) is 9.05 Å². The Labute approximate surface area is 124 Å². The zero-order chi connectivity index (χ0) is 14.5. The molecule has 0 aliphatic carbocycles. The van der Waals surface area contributed by atoms with Gasteiger partial charge in [-0.15, -0.1) is 0 Å². The molecule has 0 radical (unpaired) electrons. The zero-order valence-electron chi connectivity index (χ0n) is 11.0. The van der Waals surface area contributed by atoms with E-state index in [2.05, 4.69) is 0 Å². The second kappa shape index (κ2) is 7.36. The minimum Gasteiger partial charge on any atom is -0.493 e. The van der Waals surface area contributed by atoms with Gasteiger partial charge in [-0.05, 0) is 37.1 Å². The lowest BCUT2D eigenvalue weighted by atomic mass is 10.1. The second-order valence-electron chi connectivity index (χ2n) is 4.58. The average molecular weight is 325 g/mol. The maximum absolute atomic E-state index is 11.1. The zero-order valence-corrected chi connectivity index (χ0v) is 13.4. The fourth-order valence-corrected chi connectivity index (χ4v) is 3.47. The summed E-state index contributed by atoms with van der Waals surface area (Å²) in [5, 5.41) is 0.651. The van der Waals surface area contributed by atoms with Crippen LogP contribution in [0.3, 0.4) is 0 Å². The SMILES string of the molecule is CCCC(COc1ccc(Cl)cc1C)CS(=O)(=O)Cl. The van der Waals surface area contributed by atoms with Crippen molar-refractivity contribution in [1.82, 2.24) is 0 Å². The summed E-state index contributed by atoms with van der Waals surface area (Å²) in [6.07, 6.45) is 1.65. The van der Waals surface area contributed by atoms with Gasteiger partial charge in [-0.1, -0.05) is 24.9 Å². The molecule has 0 aliphatic heterocycles. The molecule has 0 aliphatic rings. The van der Waals surface area contributed by atoms with Crippen molar-refractivity contribution in [1.29, 1.82) is 0 Å². The van der Waals surface area contributed by atoms with Crippen LogP contribution in [-0.2, 0) is 9.05 Å². The van der Waals surface area contributed by atoms with Crippen LogP contribution in [0.25, 0.3) is 0 Å². The van der Waals surface area contributed by atoms with E-state index in [1.165, 1.54) is 0 Å². The van der Waals surface area contributed by atoms with Gasteiger partial charge >= 0.3 is 0 Å². The van der Waals surface area contributed by atoms with E-state index in [4.69, 9.17) is 27.0 Å². The Morgan fingerprint density at radius 2 is 2.05 bits per heavy atom. The summed E-state index contributed by atoms with van der Waals surface area (Å²) in [6, 6.07) is 5.34. The van der Waals surface area contributed by atoms with Crippen LogP contribution in [0, 0.1) is 12.8 Å². The average Bonchev–Trinajstić information content (AvgIpc) is 2.26. The van der Waals surface area contributed by atoms with Gasteiger partial charge in [0.05, 0.1) is 12.4 Å². The smallest absolute Gasteiger partial charge is 0.232 e. The Balaban J connectivity index is 2.65. The fraction of sp³-hybridized carbons (Fsp3) is 0.538. The Hall–Kier alpha value is -0.450. The van der Waals surface area contributed by atoms with Gasteiger partial charge in [0.1, 0.15) is 5.75 Å². The van der Waals surface area contributed by atoms with Crippen LogP contribution < -0.4 is 4.74 Å². The molecule has 0 saturated heterocycles. The summed E-state index contributed by atoms with van der Waals surface area (Å²) in [5.41, 5.74) is 0.927. The molecule has 0 saturated carbocycles. The van der Waals surface area contributed by atoms with E-state index in [9.17, 15) is 8.42 Å². The van der Waals surface area contributed by atoms with E-state index < -0.39 is 9.05 Å². The molecular formula is C13H18Cl2O3S. The third-order valence-corrected chi connectivity index (χ3v) is 4.23. The summed E-state index contributed by atoms with van der Waals surface area (Å²) < 4.78 is 27.9. The highest BCUT2D eigenvalue weighted by Crippen LogP contribution is 2.23. The third kappa shape index (κ3) is 6.50. The number of aryl methyl sites for hydroxylation is 1. The number of benzene rings is 1. The van der Waals surface area contributed by atoms with Gasteiger partial charge in [0.15, 0.2) is 0 Å². The lowest BCUT2D eigenvalue weighted by Gasteiger charge is -2.16. The normalized spacial score (nSPS) is 13.3. The summed E-state index contributed by atoms with van der Waals surface area (Å²) in [5.74, 6) is 0.565. The van der Waals surface area contributed by atoms with Crippen LogP contribution in [0.5, 0.6) is 5.75 Å². The number of ether oxygens (including phenoxy) is 1. The molecule has 0 spiro atoms. The number of hydrogen-bond acceptors (Lipinski definition) is 3. The van der Waals surface area contributed by atoms with E-state index in [1.807, 2.05) is 19.9 Å². The first-order chi connectivity index (χ1) is 8.81. The van der Waals surface area contributed by atoms with Crippen molar-refractivity contribution in [3.05, 3.63) is 28.8 Å². The van der Waals surface area contributed by atoms with Crippen molar-refractivity contribution in [3.63, 3.8) is 0 Å². The molecule has 3 nitrogen and oxygen atoms in total. The highest BCUT2D eigenvalue weighted by atomic mass is 35.7. The minimum atomic E-state index is -3.50. The Kier molecular flexibility index (Phi) is 6.43. The molecule has 0 bridgehead atoms. The van der Waals surface area contributed by atoms with Gasteiger partial charge in [-0.2, -0.15) is 0 Å². The maximum Gasteiger partial charge on any atom is 0.232 e. The third-order valence-electron chi connectivity index (χ3n) is 2.74. The molecule has 0 amide bonds. The molecule has 1 aromatic rings. The maximum atomic E-state index is 11.1. The number of rotatable bonds is 7. The highest BCUT2D eigenvalue weighted by molar-refractivity contribution is 8.13. The molecule has 6 heteroatoms. The van der Waals surface area contributed by atoms with E-state index >= 15 is 0 Å². The Bertz CT molecular complexity index is 515. The molecular weight excluding hydrogens is 307 g/mol. The monoisotopic (exact) mass is 324 g/mol. The van der Waals surface area contributed by atoms with Crippen molar-refractivity contribution in [2.75, 3.05) is 12.4 Å². The predicted molar refractivity (Wildman–Crippen MR) is 79.7 cm³/mol. The van der Waals surface area contributed by atoms with Gasteiger partial charge in [-0.3, -0.25) is 0 Å². The summed E-state index contributed by atoms with van der Waals surface area (Å²) in [7, 11) is 1.80. The molecule has 108 valence electrons. The predicted octanol–water partition coefficient (Wildman–Crippen LogP) is 4.01. The molecule has 0 N–H and O–H groups in total. The molecule has 0 aromatic heterocycles. The van der Waals surface area contributed by atoms with Crippen LogP contribution in [0.15, 0.2) is 18.2 Å². The van der Waals surface area contributed by atoms with E-state index in [0.717, 1.165) is 24.2 Å². The van der Waals surface area contributed by atoms with Crippen molar-refractivity contribution >= 4 is 31.3 Å². The van der Waals surface area contributed by atoms with Crippen LogP contribution in [0.1, 0.15) is 25.3 Å². The van der Waals surface area contributed by atoms with Crippen LogP contribution in [-0.4, -0.2) is 20.8 Å². The summed E-state index contributed by atoms with van der Waals surface area (Å²) in [4.78, 5) is 0. The fourth-order valence-electron chi connectivity index (χ4n) is 1.89. The van der Waals surface area contributed by atoms with Crippen molar-refractivity contribution in [2.24, 2.45) is 5.92 Å². The highest BCUT2D eigenvalue weighted by Gasteiger charge is 2.17. The van der Waals surface area contributed by atoms with Gasteiger partial charge < -0.3 is 4.74 Å². The molecule has 1 rings (SSSR count). The van der Waals surface area contributed by atoms with Gasteiger partial charge in [0.25, 0.3) is 0 Å².